The molecule has 2 aliphatic rings. The van der Waals surface area contributed by atoms with Gasteiger partial charge in [-0.15, -0.1) is 0 Å². The van der Waals surface area contributed by atoms with Crippen molar-refractivity contribution in [3.05, 3.63) is 35.4 Å². The first-order valence-corrected chi connectivity index (χ1v) is 9.22. The second kappa shape index (κ2) is 7.76. The van der Waals surface area contributed by atoms with Gasteiger partial charge >= 0.3 is 5.97 Å². The number of nitrogens with zero attached hydrogens (tertiary/aromatic N) is 1. The normalized spacial score (nSPS) is 28.2. The average molecular weight is 448 g/mol. The van der Waals surface area contributed by atoms with Crippen molar-refractivity contribution in [1.82, 2.24) is 0 Å². The maximum absolute atomic E-state index is 13.8. The largest absolute Gasteiger partial charge is 1.00 e. The van der Waals surface area contributed by atoms with Crippen LogP contribution in [0.25, 0.3) is 0 Å². The van der Waals surface area contributed by atoms with Gasteiger partial charge in [0.05, 0.1) is 20.6 Å². The molecule has 1 aliphatic heterocycles. The van der Waals surface area contributed by atoms with Gasteiger partial charge in [-0.3, -0.25) is 0 Å². The van der Waals surface area contributed by atoms with Gasteiger partial charge < -0.3 is 31.3 Å². The third-order valence-corrected chi connectivity index (χ3v) is 5.83. The van der Waals surface area contributed by atoms with Crippen LogP contribution >= 0.6 is 0 Å². The van der Waals surface area contributed by atoms with Crippen molar-refractivity contribution in [3.63, 3.8) is 0 Å². The molecule has 1 heterocycles. The number of quaternary nitrogens is 1. The molecule has 1 N–H and O–H groups in total. The third kappa shape index (κ3) is 4.69. The van der Waals surface area contributed by atoms with Crippen molar-refractivity contribution in [2.75, 3.05) is 27.2 Å². The van der Waals surface area contributed by atoms with Crippen LogP contribution in [0, 0.1) is 12.8 Å². The highest BCUT2D eigenvalue weighted by Gasteiger charge is 2.55. The Kier molecular flexibility index (Phi) is 6.39. The van der Waals surface area contributed by atoms with Crippen LogP contribution in [0.3, 0.4) is 0 Å². The molecular formula is C20H28BrF2NO3. The number of likely N-dealkylation sites (tertiary alicyclic amines) is 1. The van der Waals surface area contributed by atoms with E-state index in [9.17, 15) is 18.7 Å². The Morgan fingerprint density at radius 3 is 2.37 bits per heavy atom. The molecule has 27 heavy (non-hydrogen) atoms. The number of esters is 1. The van der Waals surface area contributed by atoms with E-state index >= 15 is 0 Å². The molecule has 4 nitrogen and oxygen atoms in total. The minimum atomic E-state index is -2.85. The van der Waals surface area contributed by atoms with Gasteiger partial charge in [0.25, 0.3) is 0 Å². The molecule has 3 rings (SSSR count). The van der Waals surface area contributed by atoms with Crippen molar-refractivity contribution in [1.29, 1.82) is 0 Å². The van der Waals surface area contributed by atoms with Crippen LogP contribution in [0.1, 0.15) is 36.8 Å². The number of carbonyl (C=O) groups excluding carboxylic acids is 1. The summed E-state index contributed by atoms with van der Waals surface area (Å²) >= 11 is 0. The summed E-state index contributed by atoms with van der Waals surface area (Å²) in [6.07, 6.45) is -0.302. The summed E-state index contributed by atoms with van der Waals surface area (Å²) in [7, 11) is 4.11. The van der Waals surface area contributed by atoms with Gasteiger partial charge in [-0.1, -0.05) is 29.8 Å². The lowest BCUT2D eigenvalue weighted by Crippen LogP contribution is -3.00. The maximum Gasteiger partial charge on any atom is 0.343 e. The molecule has 1 aromatic carbocycles. The zero-order chi connectivity index (χ0) is 19.2. The monoisotopic (exact) mass is 447 g/mol. The Balaban J connectivity index is 0.00000261. The molecule has 1 saturated carbocycles. The van der Waals surface area contributed by atoms with Crippen molar-refractivity contribution >= 4 is 5.97 Å². The van der Waals surface area contributed by atoms with E-state index in [0.29, 0.717) is 18.5 Å². The number of aliphatic hydroxyl groups is 1. The minimum absolute atomic E-state index is 0. The standard InChI is InChI=1S/C20H28F2NO3.BrH/c1-14-4-6-15(7-5-14)20(25,16-8-10-19(21,22)12-16)18(24)26-17-9-11-23(2,3)13-17;/h4-7,16-17,25H,8-13H2,1-3H3;1H/q+1;/p-1/t16-,17-,20+;/m1./s1. The van der Waals surface area contributed by atoms with Gasteiger partial charge in [0.15, 0.2) is 11.7 Å². The van der Waals surface area contributed by atoms with E-state index < -0.39 is 29.8 Å². The summed E-state index contributed by atoms with van der Waals surface area (Å²) in [6.45, 7) is 3.43. The smallest absolute Gasteiger partial charge is 0.343 e. The first kappa shape index (κ1) is 22.2. The van der Waals surface area contributed by atoms with E-state index in [2.05, 4.69) is 14.1 Å². The Hall–Kier alpha value is -1.05. The van der Waals surface area contributed by atoms with Gasteiger partial charge in [0.1, 0.15) is 6.54 Å². The van der Waals surface area contributed by atoms with Crippen LogP contribution in [0.4, 0.5) is 8.78 Å². The van der Waals surface area contributed by atoms with Crippen LogP contribution in [0.5, 0.6) is 0 Å². The van der Waals surface area contributed by atoms with Gasteiger partial charge in [0, 0.05) is 25.2 Å². The number of ether oxygens (including phenoxy) is 1. The highest BCUT2D eigenvalue weighted by Crippen LogP contribution is 2.48. The third-order valence-electron chi connectivity index (χ3n) is 5.83. The van der Waals surface area contributed by atoms with E-state index in [-0.39, 0.29) is 35.9 Å². The molecule has 0 unspecified atom stereocenters. The molecule has 1 saturated heterocycles. The lowest BCUT2D eigenvalue weighted by atomic mass is 9.79. The summed E-state index contributed by atoms with van der Waals surface area (Å²) in [4.78, 5) is 13.0. The number of likely N-dealkylation sites (N-methyl/N-ethyl adjacent to an activating group) is 1. The van der Waals surface area contributed by atoms with Gasteiger partial charge in [0.2, 0.25) is 5.92 Å². The Bertz CT molecular complexity index is 680. The number of alkyl halides is 2. The fraction of sp³-hybridized carbons (Fsp3) is 0.650. The molecule has 0 amide bonds. The van der Waals surface area contributed by atoms with Crippen molar-refractivity contribution in [3.8, 4) is 0 Å². The van der Waals surface area contributed by atoms with Crippen molar-refractivity contribution in [2.45, 2.75) is 50.2 Å². The highest BCUT2D eigenvalue weighted by atomic mass is 79.9. The van der Waals surface area contributed by atoms with E-state index in [0.717, 1.165) is 16.6 Å². The zero-order valence-electron chi connectivity index (χ0n) is 16.1. The number of halogens is 3. The molecule has 2 fully saturated rings. The van der Waals surface area contributed by atoms with Crippen molar-refractivity contribution < 1.29 is 44.9 Å². The highest BCUT2D eigenvalue weighted by molar-refractivity contribution is 5.82. The molecule has 0 spiro atoms. The van der Waals surface area contributed by atoms with Crippen LogP contribution < -0.4 is 17.0 Å². The quantitative estimate of drug-likeness (QED) is 0.522. The van der Waals surface area contributed by atoms with Gasteiger partial charge in [-0.25, -0.2) is 13.6 Å². The predicted octanol–water partition coefficient (Wildman–Crippen LogP) is 0.0139. The first-order chi connectivity index (χ1) is 12.0. The van der Waals surface area contributed by atoms with E-state index in [1.807, 2.05) is 6.92 Å². The fourth-order valence-electron chi connectivity index (χ4n) is 4.20. The second-order valence-corrected chi connectivity index (χ2v) is 8.59. The SMILES string of the molecule is Cc1ccc([C@@](O)(C(=O)O[C@@H]2CC[N+](C)(C)C2)[C@@H]2CCC(F)(F)C2)cc1.[Br-]. The van der Waals surface area contributed by atoms with Crippen LogP contribution in [-0.2, 0) is 15.1 Å². The number of hydrogen-bond donors (Lipinski definition) is 1. The number of benzene rings is 1. The number of rotatable bonds is 4. The van der Waals surface area contributed by atoms with E-state index in [1.165, 1.54) is 0 Å². The molecule has 0 bridgehead atoms. The summed E-state index contributed by atoms with van der Waals surface area (Å²) in [6, 6.07) is 6.83. The van der Waals surface area contributed by atoms with Gasteiger partial charge in [-0.05, 0) is 18.9 Å². The first-order valence-electron chi connectivity index (χ1n) is 9.22. The molecular weight excluding hydrogens is 420 g/mol. The molecule has 7 heteroatoms. The zero-order valence-corrected chi connectivity index (χ0v) is 17.6. The van der Waals surface area contributed by atoms with Gasteiger partial charge in [-0.2, -0.15) is 0 Å². The molecule has 0 radical (unpaired) electrons. The molecule has 1 aromatic rings. The lowest BCUT2D eigenvalue weighted by molar-refractivity contribution is -0.879. The lowest BCUT2D eigenvalue weighted by Gasteiger charge is -2.33. The number of carbonyl (C=O) groups is 1. The summed E-state index contributed by atoms with van der Waals surface area (Å²) < 4.78 is 34.0. The number of aryl methyl sites for hydroxylation is 1. The summed E-state index contributed by atoms with van der Waals surface area (Å²) in [5, 5.41) is 11.4. The summed E-state index contributed by atoms with van der Waals surface area (Å²) in [5.41, 5.74) is -0.730. The summed E-state index contributed by atoms with van der Waals surface area (Å²) in [5.74, 6) is -4.50. The minimum Gasteiger partial charge on any atom is -1.00 e. The molecule has 3 atom stereocenters. The molecule has 1 aliphatic carbocycles. The van der Waals surface area contributed by atoms with Crippen LogP contribution in [0.2, 0.25) is 0 Å². The Morgan fingerprint density at radius 1 is 1.26 bits per heavy atom. The molecule has 152 valence electrons. The average Bonchev–Trinajstić information content (AvgIpc) is 3.08. The topological polar surface area (TPSA) is 46.5 Å². The van der Waals surface area contributed by atoms with E-state index in [1.54, 1.807) is 24.3 Å². The van der Waals surface area contributed by atoms with E-state index in [4.69, 9.17) is 4.74 Å². The maximum atomic E-state index is 13.8. The number of hydrogen-bond acceptors (Lipinski definition) is 3. The second-order valence-electron chi connectivity index (χ2n) is 8.59. The van der Waals surface area contributed by atoms with Crippen LogP contribution in [0.15, 0.2) is 24.3 Å². The molecule has 0 aromatic heterocycles. The van der Waals surface area contributed by atoms with Crippen molar-refractivity contribution in [2.24, 2.45) is 5.92 Å². The Morgan fingerprint density at radius 2 is 1.89 bits per heavy atom. The fourth-order valence-corrected chi connectivity index (χ4v) is 4.20. The Labute approximate surface area is 169 Å². The van der Waals surface area contributed by atoms with Crippen LogP contribution in [-0.4, -0.2) is 54.8 Å². The predicted molar refractivity (Wildman–Crippen MR) is 93.7 cm³/mol.